The van der Waals surface area contributed by atoms with Crippen LogP contribution in [0.25, 0.3) is 5.69 Å². The molecule has 1 saturated carbocycles. The number of amides is 1. The number of pyridine rings is 1. The van der Waals surface area contributed by atoms with E-state index < -0.39 is 23.5 Å². The van der Waals surface area contributed by atoms with E-state index in [1.165, 1.54) is 48.2 Å². The van der Waals surface area contributed by atoms with E-state index in [9.17, 15) is 22.8 Å². The highest BCUT2D eigenvalue weighted by atomic mass is 19.4. The van der Waals surface area contributed by atoms with E-state index in [1.807, 2.05) is 24.3 Å². The molecule has 2 aliphatic rings. The van der Waals surface area contributed by atoms with Gasteiger partial charge in [-0.25, -0.2) is 9.67 Å². The van der Waals surface area contributed by atoms with Crippen molar-refractivity contribution in [3.8, 4) is 5.69 Å². The van der Waals surface area contributed by atoms with Crippen molar-refractivity contribution >= 4 is 17.9 Å². The van der Waals surface area contributed by atoms with Gasteiger partial charge in [-0.2, -0.15) is 18.3 Å². The maximum Gasteiger partial charge on any atom is 0.433 e. The van der Waals surface area contributed by atoms with Crippen LogP contribution in [0.5, 0.6) is 0 Å². The first-order valence-electron chi connectivity index (χ1n) is 12.0. The minimum atomic E-state index is -4.67. The molecule has 3 aromatic rings. The zero-order valence-corrected chi connectivity index (χ0v) is 19.5. The lowest BCUT2D eigenvalue weighted by Gasteiger charge is -2.50. The van der Waals surface area contributed by atoms with E-state index in [1.54, 1.807) is 0 Å². The van der Waals surface area contributed by atoms with Crippen LogP contribution in [0.2, 0.25) is 0 Å². The number of halogens is 3. The van der Waals surface area contributed by atoms with Gasteiger partial charge in [0.25, 0.3) is 5.91 Å². The normalized spacial score (nSPS) is 17.5. The first-order chi connectivity index (χ1) is 17.2. The standard InChI is InChI=1S/C26H26F3N5O2/c27-26(28,29)23-3-1-2-20(31-23)24(36)32-21-15-34(33-22(21)16-35)19-6-4-17(5-7-19)12-18-13-25(14-18)8-10-30-11-9-25/h1-7,15-16,18,30H,8-14H2,(H,32,36). The highest BCUT2D eigenvalue weighted by Crippen LogP contribution is 2.52. The van der Waals surface area contributed by atoms with Gasteiger partial charge >= 0.3 is 6.18 Å². The smallest absolute Gasteiger partial charge is 0.317 e. The largest absolute Gasteiger partial charge is 0.433 e. The molecule has 3 heterocycles. The van der Waals surface area contributed by atoms with E-state index in [-0.39, 0.29) is 11.4 Å². The fourth-order valence-corrected chi connectivity index (χ4v) is 5.40. The Morgan fingerprint density at radius 1 is 1.14 bits per heavy atom. The Balaban J connectivity index is 1.25. The van der Waals surface area contributed by atoms with Crippen LogP contribution in [0.15, 0.2) is 48.7 Å². The number of carbonyl (C=O) groups excluding carboxylic acids is 2. The number of rotatable bonds is 6. The highest BCUT2D eigenvalue weighted by molar-refractivity contribution is 6.04. The van der Waals surface area contributed by atoms with Gasteiger partial charge in [-0.05, 0) is 86.4 Å². The minimum absolute atomic E-state index is 0.0406. The Morgan fingerprint density at radius 3 is 2.53 bits per heavy atom. The number of piperidine rings is 1. The third-order valence-corrected chi connectivity index (χ3v) is 7.21. The van der Waals surface area contributed by atoms with E-state index in [0.717, 1.165) is 31.6 Å². The third kappa shape index (κ3) is 5.04. The summed E-state index contributed by atoms with van der Waals surface area (Å²) in [5.41, 5.74) is 0.930. The second kappa shape index (κ2) is 9.50. The molecule has 1 aromatic carbocycles. The number of alkyl halides is 3. The molecule has 1 amide bonds. The number of nitrogens with zero attached hydrogens (tertiary/aromatic N) is 3. The maximum absolute atomic E-state index is 12.9. The Hall–Kier alpha value is -3.53. The van der Waals surface area contributed by atoms with Crippen molar-refractivity contribution in [3.63, 3.8) is 0 Å². The van der Waals surface area contributed by atoms with Crippen molar-refractivity contribution < 1.29 is 22.8 Å². The van der Waals surface area contributed by atoms with Gasteiger partial charge in [0.2, 0.25) is 0 Å². The summed E-state index contributed by atoms with van der Waals surface area (Å²) in [5.74, 6) is -0.169. The Morgan fingerprint density at radius 2 is 1.86 bits per heavy atom. The molecular formula is C26H26F3N5O2. The SMILES string of the molecule is O=Cc1nn(-c2ccc(CC3CC4(CCNCC4)C3)cc2)cc1NC(=O)c1cccc(C(F)(F)F)n1. The summed E-state index contributed by atoms with van der Waals surface area (Å²) in [6, 6.07) is 10.9. The van der Waals surface area contributed by atoms with Gasteiger partial charge in [0, 0.05) is 0 Å². The summed E-state index contributed by atoms with van der Waals surface area (Å²) in [7, 11) is 0. The van der Waals surface area contributed by atoms with Crippen LogP contribution in [0, 0.1) is 11.3 Å². The van der Waals surface area contributed by atoms with Crippen molar-refractivity contribution in [1.82, 2.24) is 20.1 Å². The first-order valence-corrected chi connectivity index (χ1v) is 12.0. The average molecular weight is 498 g/mol. The second-order valence-electron chi connectivity index (χ2n) is 9.75. The van der Waals surface area contributed by atoms with E-state index in [2.05, 4.69) is 20.7 Å². The Kier molecular flexibility index (Phi) is 6.38. The molecule has 2 N–H and O–H groups in total. The number of hydrogen-bond acceptors (Lipinski definition) is 5. The van der Waals surface area contributed by atoms with Crippen molar-refractivity contribution in [3.05, 3.63) is 71.3 Å². The molecule has 5 rings (SSSR count). The summed E-state index contributed by atoms with van der Waals surface area (Å²) >= 11 is 0. The van der Waals surface area contributed by atoms with Crippen LogP contribution in [-0.2, 0) is 12.6 Å². The fraction of sp³-hybridized carbons (Fsp3) is 0.385. The van der Waals surface area contributed by atoms with Gasteiger partial charge < -0.3 is 10.6 Å². The second-order valence-corrected chi connectivity index (χ2v) is 9.75. The van der Waals surface area contributed by atoms with Gasteiger partial charge in [-0.1, -0.05) is 18.2 Å². The summed E-state index contributed by atoms with van der Waals surface area (Å²) in [5, 5.41) is 10.1. The average Bonchev–Trinajstić information content (AvgIpc) is 3.26. The van der Waals surface area contributed by atoms with Gasteiger partial charge in [0.15, 0.2) is 6.29 Å². The van der Waals surface area contributed by atoms with Gasteiger partial charge in [0.1, 0.15) is 17.1 Å². The molecule has 10 heteroatoms. The Bertz CT molecular complexity index is 1260. The maximum atomic E-state index is 12.9. The molecule has 0 bridgehead atoms. The molecule has 2 fully saturated rings. The molecular weight excluding hydrogens is 471 g/mol. The summed E-state index contributed by atoms with van der Waals surface area (Å²) in [4.78, 5) is 27.4. The predicted octanol–water partition coefficient (Wildman–Crippen LogP) is 4.67. The van der Waals surface area contributed by atoms with Crippen LogP contribution < -0.4 is 10.6 Å². The fourth-order valence-electron chi connectivity index (χ4n) is 5.40. The monoisotopic (exact) mass is 497 g/mol. The number of aromatic nitrogens is 3. The zero-order valence-electron chi connectivity index (χ0n) is 19.5. The zero-order chi connectivity index (χ0) is 25.3. The summed E-state index contributed by atoms with van der Waals surface area (Å²) < 4.78 is 40.2. The van der Waals surface area contributed by atoms with E-state index in [0.29, 0.717) is 23.3 Å². The van der Waals surface area contributed by atoms with Crippen LogP contribution in [-0.4, -0.2) is 40.0 Å². The van der Waals surface area contributed by atoms with Crippen LogP contribution in [0.1, 0.15) is 57.9 Å². The van der Waals surface area contributed by atoms with Crippen LogP contribution in [0.4, 0.5) is 18.9 Å². The number of benzene rings is 1. The van der Waals surface area contributed by atoms with Crippen LogP contribution in [0.3, 0.4) is 0 Å². The number of hydrogen-bond donors (Lipinski definition) is 2. The summed E-state index contributed by atoms with van der Waals surface area (Å²) in [6.07, 6.45) is 3.38. The lowest BCUT2D eigenvalue weighted by molar-refractivity contribution is -0.141. The molecule has 0 radical (unpaired) electrons. The molecule has 1 aliphatic carbocycles. The minimum Gasteiger partial charge on any atom is -0.317 e. The van der Waals surface area contributed by atoms with E-state index in [4.69, 9.17) is 0 Å². The number of nitrogens with one attached hydrogen (secondary N) is 2. The number of carbonyl (C=O) groups is 2. The molecule has 1 aliphatic heterocycles. The Labute approximate surface area is 206 Å². The van der Waals surface area contributed by atoms with Crippen molar-refractivity contribution in [2.45, 2.75) is 38.3 Å². The van der Waals surface area contributed by atoms with Gasteiger partial charge in [-0.15, -0.1) is 0 Å². The lowest BCUT2D eigenvalue weighted by Crippen LogP contribution is -2.45. The van der Waals surface area contributed by atoms with Crippen LogP contribution >= 0.6 is 0 Å². The topological polar surface area (TPSA) is 88.9 Å². The molecule has 7 nitrogen and oxygen atoms in total. The third-order valence-electron chi connectivity index (χ3n) is 7.21. The quantitative estimate of drug-likeness (QED) is 0.483. The molecule has 2 aromatic heterocycles. The molecule has 36 heavy (non-hydrogen) atoms. The number of aldehydes is 1. The van der Waals surface area contributed by atoms with Crippen molar-refractivity contribution in [2.24, 2.45) is 11.3 Å². The van der Waals surface area contributed by atoms with Gasteiger partial charge in [-0.3, -0.25) is 9.59 Å². The lowest BCUT2D eigenvalue weighted by atomic mass is 9.56. The first kappa shape index (κ1) is 24.2. The molecule has 0 atom stereocenters. The highest BCUT2D eigenvalue weighted by Gasteiger charge is 2.44. The molecule has 1 spiro atoms. The van der Waals surface area contributed by atoms with Gasteiger partial charge in [0.05, 0.1) is 17.6 Å². The molecule has 188 valence electrons. The molecule has 0 unspecified atom stereocenters. The molecule has 1 saturated heterocycles. The van der Waals surface area contributed by atoms with E-state index >= 15 is 0 Å². The van der Waals surface area contributed by atoms with Crippen molar-refractivity contribution in [2.75, 3.05) is 18.4 Å². The van der Waals surface area contributed by atoms with Crippen molar-refractivity contribution in [1.29, 1.82) is 0 Å². The predicted molar refractivity (Wildman–Crippen MR) is 127 cm³/mol. The number of anilines is 1. The summed E-state index contributed by atoms with van der Waals surface area (Å²) in [6.45, 7) is 2.24.